The molecule has 0 radical (unpaired) electrons. The van der Waals surface area contributed by atoms with Gasteiger partial charge in [0.2, 0.25) is 0 Å². The highest BCUT2D eigenvalue weighted by Gasteiger charge is 2.18. The Balaban J connectivity index is 2.43. The van der Waals surface area contributed by atoms with E-state index in [2.05, 4.69) is 0 Å². The van der Waals surface area contributed by atoms with E-state index < -0.39 is 17.7 Å². The molecule has 1 heterocycles. The van der Waals surface area contributed by atoms with Crippen molar-refractivity contribution < 1.29 is 13.2 Å². The number of furan rings is 1. The molecule has 0 aliphatic heterocycles. The Kier molecular flexibility index (Phi) is 3.17. The highest BCUT2D eigenvalue weighted by molar-refractivity contribution is 6.28. The third-order valence-electron chi connectivity index (χ3n) is 2.51. The molecule has 2 N–H and O–H groups in total. The predicted octanol–water partition coefficient (Wildman–Crippen LogP) is 3.57. The molecule has 0 bridgehead atoms. The van der Waals surface area contributed by atoms with Crippen molar-refractivity contribution in [2.24, 2.45) is 5.73 Å². The van der Waals surface area contributed by atoms with Crippen molar-refractivity contribution in [1.29, 1.82) is 0 Å². The van der Waals surface area contributed by atoms with E-state index in [0.717, 1.165) is 12.1 Å². The fourth-order valence-corrected chi connectivity index (χ4v) is 1.70. The van der Waals surface area contributed by atoms with Crippen LogP contribution in [0.5, 0.6) is 0 Å². The molecular formula is C12H10ClF2NO. The molecule has 0 saturated heterocycles. The average Bonchev–Trinajstić information content (AvgIpc) is 2.69. The molecule has 5 heteroatoms. The van der Waals surface area contributed by atoms with Gasteiger partial charge >= 0.3 is 0 Å². The quantitative estimate of drug-likeness (QED) is 0.893. The minimum atomic E-state index is -0.877. The second-order valence-corrected chi connectivity index (χ2v) is 4.11. The first-order valence-corrected chi connectivity index (χ1v) is 5.33. The summed E-state index contributed by atoms with van der Waals surface area (Å²) in [7, 11) is 0. The Morgan fingerprint density at radius 1 is 1.24 bits per heavy atom. The summed E-state index contributed by atoms with van der Waals surface area (Å²) in [4.78, 5) is 0. The maximum absolute atomic E-state index is 13.7. The van der Waals surface area contributed by atoms with Gasteiger partial charge in [0, 0.05) is 5.56 Å². The molecule has 1 aromatic heterocycles. The van der Waals surface area contributed by atoms with Gasteiger partial charge in [0.05, 0.1) is 6.04 Å². The maximum Gasteiger partial charge on any atom is 0.193 e. The highest BCUT2D eigenvalue weighted by Crippen LogP contribution is 2.27. The summed E-state index contributed by atoms with van der Waals surface area (Å²) in [6.45, 7) is 1.48. The van der Waals surface area contributed by atoms with Crippen molar-refractivity contribution in [2.75, 3.05) is 0 Å². The Labute approximate surface area is 102 Å². The van der Waals surface area contributed by atoms with E-state index in [1.165, 1.54) is 19.1 Å². The van der Waals surface area contributed by atoms with Crippen molar-refractivity contribution in [2.45, 2.75) is 13.0 Å². The average molecular weight is 258 g/mol. The van der Waals surface area contributed by atoms with E-state index in [0.29, 0.717) is 0 Å². The molecule has 1 atom stereocenters. The molecule has 0 aliphatic rings. The van der Waals surface area contributed by atoms with Crippen LogP contribution >= 0.6 is 11.6 Å². The Hall–Kier alpha value is -1.39. The molecule has 17 heavy (non-hydrogen) atoms. The SMILES string of the molecule is Cc1cc(F)c(C(N)c2ccc(Cl)o2)cc1F. The zero-order valence-electron chi connectivity index (χ0n) is 9.01. The van der Waals surface area contributed by atoms with Crippen LogP contribution in [0.4, 0.5) is 8.78 Å². The molecule has 0 amide bonds. The fraction of sp³-hybridized carbons (Fsp3) is 0.167. The van der Waals surface area contributed by atoms with E-state index in [-0.39, 0.29) is 22.1 Å². The Morgan fingerprint density at radius 3 is 2.53 bits per heavy atom. The van der Waals surface area contributed by atoms with Crippen LogP contribution in [0.2, 0.25) is 5.22 Å². The monoisotopic (exact) mass is 257 g/mol. The molecule has 90 valence electrons. The summed E-state index contributed by atoms with van der Waals surface area (Å²) in [5.41, 5.74) is 6.06. The summed E-state index contributed by atoms with van der Waals surface area (Å²) in [5, 5.41) is 0.156. The third-order valence-corrected chi connectivity index (χ3v) is 2.72. The summed E-state index contributed by atoms with van der Waals surface area (Å²) in [6, 6.07) is 4.34. The molecule has 0 fully saturated rings. The lowest BCUT2D eigenvalue weighted by Crippen LogP contribution is -2.13. The second kappa shape index (κ2) is 4.47. The largest absolute Gasteiger partial charge is 0.448 e. The first-order valence-electron chi connectivity index (χ1n) is 4.95. The topological polar surface area (TPSA) is 39.2 Å². The van der Waals surface area contributed by atoms with Crippen LogP contribution in [-0.4, -0.2) is 0 Å². The Bertz CT molecular complexity index is 553. The zero-order valence-corrected chi connectivity index (χ0v) is 9.76. The number of hydrogen-bond donors (Lipinski definition) is 1. The summed E-state index contributed by atoms with van der Waals surface area (Å²) < 4.78 is 32.1. The lowest BCUT2D eigenvalue weighted by Gasteiger charge is -2.11. The van der Waals surface area contributed by atoms with Crippen LogP contribution in [0.1, 0.15) is 22.9 Å². The van der Waals surface area contributed by atoms with Crippen molar-refractivity contribution in [1.82, 2.24) is 0 Å². The molecule has 2 rings (SSSR count). The van der Waals surface area contributed by atoms with Crippen LogP contribution in [0, 0.1) is 18.6 Å². The number of halogens is 3. The Morgan fingerprint density at radius 2 is 1.94 bits per heavy atom. The van der Waals surface area contributed by atoms with Gasteiger partial charge in [0.15, 0.2) is 5.22 Å². The van der Waals surface area contributed by atoms with Crippen LogP contribution in [0.3, 0.4) is 0 Å². The standard InChI is InChI=1S/C12H10ClF2NO/c1-6-4-9(15)7(5-8(6)14)12(16)10-2-3-11(13)17-10/h2-5,12H,16H2,1H3. The van der Waals surface area contributed by atoms with Gasteiger partial charge in [0.1, 0.15) is 17.4 Å². The van der Waals surface area contributed by atoms with Gasteiger partial charge in [-0.3, -0.25) is 0 Å². The summed E-state index contributed by atoms with van der Waals surface area (Å²) in [6.07, 6.45) is 0. The molecule has 1 aromatic carbocycles. The van der Waals surface area contributed by atoms with Crippen molar-refractivity contribution in [3.05, 3.63) is 58.0 Å². The van der Waals surface area contributed by atoms with E-state index in [4.69, 9.17) is 21.8 Å². The summed E-state index contributed by atoms with van der Waals surface area (Å²) >= 11 is 5.60. The number of benzene rings is 1. The normalized spacial score (nSPS) is 12.8. The van der Waals surface area contributed by atoms with Crippen molar-refractivity contribution in [3.8, 4) is 0 Å². The van der Waals surface area contributed by atoms with Gasteiger partial charge in [0.25, 0.3) is 0 Å². The predicted molar refractivity (Wildman–Crippen MR) is 60.8 cm³/mol. The highest BCUT2D eigenvalue weighted by atomic mass is 35.5. The van der Waals surface area contributed by atoms with Gasteiger partial charge < -0.3 is 10.2 Å². The lowest BCUT2D eigenvalue weighted by atomic mass is 10.0. The third kappa shape index (κ3) is 2.33. The fourth-order valence-electron chi connectivity index (χ4n) is 1.55. The van der Waals surface area contributed by atoms with Crippen LogP contribution in [-0.2, 0) is 0 Å². The molecule has 0 spiro atoms. The van der Waals surface area contributed by atoms with Gasteiger partial charge in [-0.25, -0.2) is 8.78 Å². The summed E-state index contributed by atoms with van der Waals surface area (Å²) in [5.74, 6) is -0.782. The van der Waals surface area contributed by atoms with Crippen molar-refractivity contribution >= 4 is 11.6 Å². The first kappa shape index (κ1) is 12.1. The number of rotatable bonds is 2. The zero-order chi connectivity index (χ0) is 12.6. The molecule has 1 unspecified atom stereocenters. The molecule has 0 aliphatic carbocycles. The van der Waals surface area contributed by atoms with E-state index in [9.17, 15) is 8.78 Å². The van der Waals surface area contributed by atoms with E-state index >= 15 is 0 Å². The minimum Gasteiger partial charge on any atom is -0.448 e. The van der Waals surface area contributed by atoms with Gasteiger partial charge in [-0.05, 0) is 48.4 Å². The number of aryl methyl sites for hydroxylation is 1. The molecule has 0 saturated carbocycles. The van der Waals surface area contributed by atoms with E-state index in [1.54, 1.807) is 0 Å². The first-order chi connectivity index (χ1) is 7.99. The maximum atomic E-state index is 13.7. The van der Waals surface area contributed by atoms with Crippen molar-refractivity contribution in [3.63, 3.8) is 0 Å². The molecule has 2 nitrogen and oxygen atoms in total. The second-order valence-electron chi connectivity index (χ2n) is 3.74. The smallest absolute Gasteiger partial charge is 0.193 e. The van der Waals surface area contributed by atoms with Gasteiger partial charge in [-0.15, -0.1) is 0 Å². The van der Waals surface area contributed by atoms with Crippen LogP contribution in [0.25, 0.3) is 0 Å². The minimum absolute atomic E-state index is 0.0408. The van der Waals surface area contributed by atoms with E-state index in [1.807, 2.05) is 0 Å². The number of hydrogen-bond acceptors (Lipinski definition) is 2. The van der Waals surface area contributed by atoms with Gasteiger partial charge in [-0.2, -0.15) is 0 Å². The molecule has 2 aromatic rings. The van der Waals surface area contributed by atoms with Gasteiger partial charge in [-0.1, -0.05) is 0 Å². The number of nitrogens with two attached hydrogens (primary N) is 1. The lowest BCUT2D eigenvalue weighted by molar-refractivity contribution is 0.479. The molecular weight excluding hydrogens is 248 g/mol. The van der Waals surface area contributed by atoms with Crippen LogP contribution in [0.15, 0.2) is 28.7 Å². The van der Waals surface area contributed by atoms with Crippen LogP contribution < -0.4 is 5.73 Å².